The van der Waals surface area contributed by atoms with Gasteiger partial charge in [-0.05, 0) is 158 Å². The average molecular weight is 733 g/mol. The fraction of sp³-hybridized carbons (Fsp3) is 0.0909. The Morgan fingerprint density at radius 1 is 0.482 bits per heavy atom. The monoisotopic (exact) mass is 732 g/mol. The van der Waals surface area contributed by atoms with Crippen LogP contribution in [0.5, 0.6) is 0 Å². The van der Waals surface area contributed by atoms with E-state index in [0.717, 1.165) is 56.1 Å². The first-order valence-electron chi connectivity index (χ1n) is 17.3. The number of nitrogens with zero attached hydrogens (tertiary/aromatic N) is 8. The molecule has 0 aliphatic heterocycles. The maximum Gasteiger partial charge on any atom is 0.229 e. The van der Waals surface area contributed by atoms with Gasteiger partial charge < -0.3 is 21.3 Å². The summed E-state index contributed by atoms with van der Waals surface area (Å²) in [5.41, 5.74) is 10.9. The lowest BCUT2D eigenvalue weighted by Gasteiger charge is -2.14. The molecule has 0 saturated carbocycles. The van der Waals surface area contributed by atoms with Gasteiger partial charge in [0.25, 0.3) is 0 Å². The third-order valence-electron chi connectivity index (χ3n) is 8.17. The topological polar surface area (TPSA) is 195 Å². The molecular weight excluding hydrogens is 697 g/mol. The molecule has 2 heterocycles. The zero-order chi connectivity index (χ0) is 39.9. The zero-order valence-electron chi connectivity index (χ0n) is 31.1. The van der Waals surface area contributed by atoms with E-state index in [-0.39, 0.29) is 0 Å². The SMILES string of the molecule is Cc1cc(/C=C/C#N)cc(C)c1Nc1ccnc(Nc2ccc(C#N)cc2)n1.Cc1cc(/C=C/C#N)cc(C)c1Nc1ccnc(Nc2ccc(C#N)cc2)n1. The third-order valence-corrected chi connectivity index (χ3v) is 8.17. The smallest absolute Gasteiger partial charge is 0.229 e. The van der Waals surface area contributed by atoms with Crippen molar-refractivity contribution in [2.45, 2.75) is 27.7 Å². The molecule has 0 saturated heterocycles. The first-order valence-corrected chi connectivity index (χ1v) is 17.3. The van der Waals surface area contributed by atoms with Crippen LogP contribution >= 0.6 is 0 Å². The van der Waals surface area contributed by atoms with Crippen LogP contribution in [0.1, 0.15) is 44.5 Å². The number of aromatic nitrogens is 4. The molecule has 0 aliphatic rings. The van der Waals surface area contributed by atoms with Crippen LogP contribution in [0.25, 0.3) is 12.2 Å². The molecule has 12 nitrogen and oxygen atoms in total. The van der Waals surface area contributed by atoms with E-state index in [1.165, 1.54) is 12.2 Å². The zero-order valence-corrected chi connectivity index (χ0v) is 31.1. The second-order valence-corrected chi connectivity index (χ2v) is 12.4. The predicted molar refractivity (Wildman–Crippen MR) is 221 cm³/mol. The highest BCUT2D eigenvalue weighted by atomic mass is 15.1. The highest BCUT2D eigenvalue weighted by molar-refractivity contribution is 5.71. The molecule has 0 amide bonds. The van der Waals surface area contributed by atoms with Gasteiger partial charge in [-0.1, -0.05) is 0 Å². The van der Waals surface area contributed by atoms with Gasteiger partial charge in [-0.25, -0.2) is 9.97 Å². The molecule has 6 rings (SSSR count). The van der Waals surface area contributed by atoms with Crippen molar-refractivity contribution in [1.29, 1.82) is 21.0 Å². The van der Waals surface area contributed by atoms with Gasteiger partial charge in [-0.15, -0.1) is 0 Å². The summed E-state index contributed by atoms with van der Waals surface area (Å²) in [6, 6.07) is 34.0. The van der Waals surface area contributed by atoms with E-state index >= 15 is 0 Å². The second kappa shape index (κ2) is 19.0. The van der Waals surface area contributed by atoms with E-state index in [1.54, 1.807) is 60.9 Å². The van der Waals surface area contributed by atoms with Crippen LogP contribution in [-0.4, -0.2) is 19.9 Å². The summed E-state index contributed by atoms with van der Waals surface area (Å²) in [6.07, 6.45) is 9.85. The molecule has 0 unspecified atom stereocenters. The van der Waals surface area contributed by atoms with Crippen LogP contribution in [0.4, 0.5) is 46.3 Å². The molecule has 0 fully saturated rings. The lowest BCUT2D eigenvalue weighted by molar-refractivity contribution is 1.16. The van der Waals surface area contributed by atoms with Gasteiger partial charge in [0.15, 0.2) is 0 Å². The lowest BCUT2D eigenvalue weighted by Crippen LogP contribution is -2.02. The van der Waals surface area contributed by atoms with Gasteiger partial charge in [0.05, 0.1) is 35.4 Å². The maximum absolute atomic E-state index is 8.88. The summed E-state index contributed by atoms with van der Waals surface area (Å²) in [4.78, 5) is 17.5. The van der Waals surface area contributed by atoms with Crippen LogP contribution in [0.3, 0.4) is 0 Å². The van der Waals surface area contributed by atoms with E-state index < -0.39 is 0 Å². The third kappa shape index (κ3) is 10.8. The molecule has 12 heteroatoms. The molecule has 0 spiro atoms. The average Bonchev–Trinajstić information content (AvgIpc) is 3.20. The number of rotatable bonds is 10. The number of anilines is 8. The number of allylic oxidation sites excluding steroid dienone is 2. The Morgan fingerprint density at radius 2 is 0.839 bits per heavy atom. The fourth-order valence-corrected chi connectivity index (χ4v) is 5.60. The van der Waals surface area contributed by atoms with Gasteiger partial charge in [0.2, 0.25) is 11.9 Å². The second-order valence-electron chi connectivity index (χ2n) is 12.4. The summed E-state index contributed by atoms with van der Waals surface area (Å²) in [5, 5.41) is 48.1. The van der Waals surface area contributed by atoms with E-state index in [9.17, 15) is 0 Å². The Labute approximate surface area is 325 Å². The Morgan fingerprint density at radius 3 is 1.16 bits per heavy atom. The summed E-state index contributed by atoms with van der Waals surface area (Å²) in [6.45, 7) is 8.04. The normalized spacial score (nSPS) is 10.3. The van der Waals surface area contributed by atoms with Crippen molar-refractivity contribution in [1.82, 2.24) is 19.9 Å². The molecule has 0 radical (unpaired) electrons. The van der Waals surface area contributed by atoms with Crippen LogP contribution in [0.15, 0.2) is 109 Å². The quantitative estimate of drug-likeness (QED) is 0.0975. The van der Waals surface area contributed by atoms with E-state index in [1.807, 2.05) is 88.4 Å². The molecule has 0 atom stereocenters. The molecule has 6 aromatic rings. The molecule has 4 N–H and O–H groups in total. The number of hydrogen-bond donors (Lipinski definition) is 4. The van der Waals surface area contributed by atoms with Crippen molar-refractivity contribution in [2.75, 3.05) is 21.3 Å². The van der Waals surface area contributed by atoms with Crippen molar-refractivity contribution < 1.29 is 0 Å². The fourth-order valence-electron chi connectivity index (χ4n) is 5.60. The van der Waals surface area contributed by atoms with Crippen molar-refractivity contribution >= 4 is 58.4 Å². The number of nitrogens with one attached hydrogen (secondary N) is 4. The number of hydrogen-bond acceptors (Lipinski definition) is 12. The molecule has 56 heavy (non-hydrogen) atoms. The Balaban J connectivity index is 0.000000214. The van der Waals surface area contributed by atoms with Gasteiger partial charge in [-0.2, -0.15) is 31.0 Å². The minimum Gasteiger partial charge on any atom is -0.340 e. The predicted octanol–water partition coefficient (Wildman–Crippen LogP) is 9.98. The highest BCUT2D eigenvalue weighted by Crippen LogP contribution is 2.28. The molecule has 272 valence electrons. The molecular formula is C44H36N12. The van der Waals surface area contributed by atoms with Crippen molar-refractivity contribution in [3.63, 3.8) is 0 Å². The van der Waals surface area contributed by atoms with Crippen LogP contribution in [0, 0.1) is 73.0 Å². The van der Waals surface area contributed by atoms with Crippen molar-refractivity contribution in [2.24, 2.45) is 0 Å². The van der Waals surface area contributed by atoms with Gasteiger partial charge in [-0.3, -0.25) is 0 Å². The number of nitriles is 4. The maximum atomic E-state index is 8.88. The lowest BCUT2D eigenvalue weighted by atomic mass is 10.0. The largest absolute Gasteiger partial charge is 0.340 e. The van der Waals surface area contributed by atoms with Crippen molar-refractivity contribution in [3.05, 3.63) is 154 Å². The minimum atomic E-state index is 0.457. The summed E-state index contributed by atoms with van der Waals surface area (Å²) >= 11 is 0. The molecule has 0 bridgehead atoms. The van der Waals surface area contributed by atoms with Crippen LogP contribution < -0.4 is 21.3 Å². The van der Waals surface area contributed by atoms with Gasteiger partial charge in [0, 0.05) is 47.3 Å². The van der Waals surface area contributed by atoms with E-state index in [0.29, 0.717) is 34.7 Å². The molecule has 0 aliphatic carbocycles. The summed E-state index contributed by atoms with van der Waals surface area (Å²) in [7, 11) is 0. The van der Waals surface area contributed by atoms with E-state index in [4.69, 9.17) is 21.0 Å². The van der Waals surface area contributed by atoms with E-state index in [2.05, 4.69) is 53.3 Å². The first kappa shape index (κ1) is 38.9. The minimum absolute atomic E-state index is 0.457. The number of aryl methyl sites for hydroxylation is 4. The Bertz CT molecular complexity index is 2340. The van der Waals surface area contributed by atoms with Crippen molar-refractivity contribution in [3.8, 4) is 24.3 Å². The molecule has 4 aromatic carbocycles. The summed E-state index contributed by atoms with van der Waals surface area (Å²) in [5.74, 6) is 2.24. The van der Waals surface area contributed by atoms with Gasteiger partial charge >= 0.3 is 0 Å². The van der Waals surface area contributed by atoms with Crippen LogP contribution in [0.2, 0.25) is 0 Å². The Kier molecular flexibility index (Phi) is 13.2. The number of benzene rings is 4. The first-order chi connectivity index (χ1) is 27.2. The van der Waals surface area contributed by atoms with Gasteiger partial charge in [0.1, 0.15) is 11.6 Å². The van der Waals surface area contributed by atoms with Crippen LogP contribution in [-0.2, 0) is 0 Å². The standard InChI is InChI=1S/2C22H18N6/c2*1-15-12-18(4-3-10-23)13-16(2)21(15)27-20-9-11-25-22(28-20)26-19-7-5-17(14-24)6-8-19/h2*3-9,11-13H,1-2H3,(H2,25,26,27,28)/b2*4-3+. The summed E-state index contributed by atoms with van der Waals surface area (Å²) < 4.78 is 0. The Hall–Kier alpha value is -8.32. The highest BCUT2D eigenvalue weighted by Gasteiger charge is 2.09. The molecule has 2 aromatic heterocycles.